The smallest absolute Gasteiger partial charge is 0.350 e. The number of nitriles is 1. The van der Waals surface area contributed by atoms with E-state index in [1.807, 2.05) is 6.07 Å². The average molecular weight is 546 g/mol. The summed E-state index contributed by atoms with van der Waals surface area (Å²) >= 11 is 0. The predicted molar refractivity (Wildman–Crippen MR) is 127 cm³/mol. The molecule has 13 heteroatoms. The van der Waals surface area contributed by atoms with Crippen LogP contribution >= 0.6 is 0 Å². The summed E-state index contributed by atoms with van der Waals surface area (Å²) in [6, 6.07) is 8.35. The summed E-state index contributed by atoms with van der Waals surface area (Å²) in [5, 5.41) is 12.1. The maximum Gasteiger partial charge on any atom is 0.433 e. The zero-order valence-corrected chi connectivity index (χ0v) is 20.4. The highest BCUT2D eigenvalue weighted by atomic mass is 32.2. The van der Waals surface area contributed by atoms with Crippen molar-refractivity contribution in [2.75, 3.05) is 6.54 Å². The first-order valence-electron chi connectivity index (χ1n) is 11.1. The Hall–Kier alpha value is -4.15. The van der Waals surface area contributed by atoms with E-state index in [2.05, 4.69) is 21.9 Å². The molecular weight excluding hydrogens is 526 g/mol. The second-order valence-electron chi connectivity index (χ2n) is 8.37. The monoisotopic (exact) mass is 545 g/mol. The van der Waals surface area contributed by atoms with Crippen molar-refractivity contribution < 1.29 is 30.8 Å². The molecule has 3 heterocycles. The molecular formula is C25H19F4N5O3S. The van der Waals surface area contributed by atoms with Crippen molar-refractivity contribution in [3.63, 3.8) is 0 Å². The second-order valence-corrected chi connectivity index (χ2v) is 10.3. The summed E-state index contributed by atoms with van der Waals surface area (Å²) in [7, 11) is -4.14. The third kappa shape index (κ3) is 5.41. The zero-order chi connectivity index (χ0) is 27.7. The Morgan fingerprint density at radius 3 is 2.47 bits per heavy atom. The Labute approximate surface area is 215 Å². The number of rotatable bonds is 6. The van der Waals surface area contributed by atoms with Crippen LogP contribution in [-0.2, 0) is 27.5 Å². The van der Waals surface area contributed by atoms with Crippen molar-refractivity contribution in [2.45, 2.75) is 30.1 Å². The third-order valence-electron chi connectivity index (χ3n) is 5.91. The molecule has 1 atom stereocenters. The first-order chi connectivity index (χ1) is 17.9. The summed E-state index contributed by atoms with van der Waals surface area (Å²) < 4.78 is 78.9. The fourth-order valence-corrected chi connectivity index (χ4v) is 5.54. The number of carbonyl (C=O) groups is 1. The molecule has 1 amide bonds. The van der Waals surface area contributed by atoms with Gasteiger partial charge in [-0.05, 0) is 60.0 Å². The van der Waals surface area contributed by atoms with E-state index in [-0.39, 0.29) is 41.2 Å². The molecule has 4 rings (SSSR count). The molecule has 0 aliphatic carbocycles. The van der Waals surface area contributed by atoms with Crippen LogP contribution in [0, 0.1) is 17.1 Å². The minimum Gasteiger partial charge on any atom is -0.350 e. The van der Waals surface area contributed by atoms with Crippen LogP contribution in [0.5, 0.6) is 0 Å². The Bertz CT molecular complexity index is 1530. The summed E-state index contributed by atoms with van der Waals surface area (Å²) in [5.74, 6) is -1.29. The number of sulfonamides is 1. The van der Waals surface area contributed by atoms with Crippen LogP contribution in [0.3, 0.4) is 0 Å². The van der Waals surface area contributed by atoms with Gasteiger partial charge in [-0.3, -0.25) is 14.8 Å². The van der Waals surface area contributed by atoms with Gasteiger partial charge in [0.1, 0.15) is 23.6 Å². The molecule has 0 bridgehead atoms. The van der Waals surface area contributed by atoms with E-state index >= 15 is 0 Å². The molecule has 1 fully saturated rings. The molecule has 0 saturated carbocycles. The lowest BCUT2D eigenvalue weighted by Crippen LogP contribution is -2.46. The third-order valence-corrected chi connectivity index (χ3v) is 7.79. The minimum atomic E-state index is -4.60. The van der Waals surface area contributed by atoms with E-state index in [1.54, 1.807) is 0 Å². The van der Waals surface area contributed by atoms with Crippen molar-refractivity contribution in [1.29, 1.82) is 5.26 Å². The van der Waals surface area contributed by atoms with Gasteiger partial charge in [0.25, 0.3) is 0 Å². The molecule has 2 aromatic heterocycles. The van der Waals surface area contributed by atoms with Crippen LogP contribution in [0.4, 0.5) is 17.6 Å². The number of aromatic nitrogens is 2. The van der Waals surface area contributed by atoms with Crippen LogP contribution in [0.25, 0.3) is 11.3 Å². The molecule has 1 aromatic carbocycles. The van der Waals surface area contributed by atoms with E-state index in [0.717, 1.165) is 40.8 Å². The minimum absolute atomic E-state index is 0.000398. The quantitative estimate of drug-likeness (QED) is 0.372. The highest BCUT2D eigenvalue weighted by molar-refractivity contribution is 7.89. The fourth-order valence-electron chi connectivity index (χ4n) is 3.93. The van der Waals surface area contributed by atoms with Gasteiger partial charge in [0.2, 0.25) is 15.9 Å². The van der Waals surface area contributed by atoms with Gasteiger partial charge in [0, 0.05) is 31.0 Å². The number of pyridine rings is 2. The molecule has 1 aliphatic rings. The number of alkyl halides is 3. The van der Waals surface area contributed by atoms with E-state index in [9.17, 15) is 36.0 Å². The summed E-state index contributed by atoms with van der Waals surface area (Å²) in [6.07, 6.45) is -2.15. The number of benzene rings is 1. The van der Waals surface area contributed by atoms with E-state index in [1.165, 1.54) is 18.3 Å². The molecule has 1 N–H and O–H groups in total. The number of nitrogens with one attached hydrogen (secondary N) is 1. The largest absolute Gasteiger partial charge is 0.433 e. The van der Waals surface area contributed by atoms with Gasteiger partial charge < -0.3 is 5.32 Å². The molecule has 1 unspecified atom stereocenters. The van der Waals surface area contributed by atoms with Crippen LogP contribution in [0.1, 0.15) is 23.2 Å². The lowest BCUT2D eigenvalue weighted by Gasteiger charge is -2.24. The maximum absolute atomic E-state index is 13.3. The molecule has 196 valence electrons. The number of amides is 1. The molecule has 38 heavy (non-hydrogen) atoms. The first-order valence-corrected chi connectivity index (χ1v) is 12.5. The van der Waals surface area contributed by atoms with Crippen molar-refractivity contribution in [3.05, 3.63) is 89.6 Å². The highest BCUT2D eigenvalue weighted by Gasteiger charge is 2.41. The second kappa shape index (κ2) is 10.3. The standard InChI is InChI=1S/C25H19F4N5O3S/c1-15-8-9-34(38(36,37)20-5-3-19(26)4-6-20)23(15)24(35)33-13-17-10-21(31-14-18(17)11-30)16-2-7-22(32-12-16)25(27,28)29/h2-7,10,12,14,23H,1,8-9,13H2,(H,33,35). The Morgan fingerprint density at radius 2 is 1.87 bits per heavy atom. The maximum atomic E-state index is 13.3. The topological polar surface area (TPSA) is 116 Å². The summed E-state index contributed by atoms with van der Waals surface area (Å²) in [4.78, 5) is 20.4. The summed E-state index contributed by atoms with van der Waals surface area (Å²) in [5.41, 5.74) is 0.188. The number of hydrogen-bond donors (Lipinski definition) is 1. The average Bonchev–Trinajstić information content (AvgIpc) is 3.29. The lowest BCUT2D eigenvalue weighted by molar-refractivity contribution is -0.141. The van der Waals surface area contributed by atoms with Crippen LogP contribution in [-0.4, -0.2) is 41.2 Å². The van der Waals surface area contributed by atoms with Crippen LogP contribution in [0.15, 0.2) is 71.9 Å². The van der Waals surface area contributed by atoms with Gasteiger partial charge in [-0.25, -0.2) is 12.8 Å². The van der Waals surface area contributed by atoms with Crippen molar-refractivity contribution in [2.24, 2.45) is 0 Å². The Kier molecular flexibility index (Phi) is 7.30. The highest BCUT2D eigenvalue weighted by Crippen LogP contribution is 2.30. The van der Waals surface area contributed by atoms with Gasteiger partial charge in [0.15, 0.2) is 0 Å². The number of hydrogen-bond acceptors (Lipinski definition) is 6. The molecule has 3 aromatic rings. The number of halogens is 4. The van der Waals surface area contributed by atoms with E-state index in [0.29, 0.717) is 11.1 Å². The Morgan fingerprint density at radius 1 is 1.16 bits per heavy atom. The van der Waals surface area contributed by atoms with Crippen molar-refractivity contribution >= 4 is 15.9 Å². The zero-order valence-electron chi connectivity index (χ0n) is 19.5. The molecule has 0 radical (unpaired) electrons. The van der Waals surface area contributed by atoms with Crippen molar-refractivity contribution in [3.8, 4) is 17.3 Å². The normalized spacial score (nSPS) is 16.3. The number of carbonyl (C=O) groups excluding carboxylic acids is 1. The SMILES string of the molecule is C=C1CCN(S(=O)(=O)c2ccc(F)cc2)C1C(=O)NCc1cc(-c2ccc(C(F)(F)F)nc2)ncc1C#N. The molecule has 8 nitrogen and oxygen atoms in total. The van der Waals surface area contributed by atoms with Crippen LogP contribution in [0.2, 0.25) is 0 Å². The van der Waals surface area contributed by atoms with E-state index < -0.39 is 39.7 Å². The van der Waals surface area contributed by atoms with Crippen molar-refractivity contribution in [1.82, 2.24) is 19.6 Å². The lowest BCUT2D eigenvalue weighted by atomic mass is 10.1. The predicted octanol–water partition coefficient (Wildman–Crippen LogP) is 3.81. The van der Waals surface area contributed by atoms with Gasteiger partial charge in [-0.15, -0.1) is 0 Å². The summed E-state index contributed by atoms with van der Waals surface area (Å²) in [6.45, 7) is 3.62. The molecule has 1 saturated heterocycles. The molecule has 0 spiro atoms. The van der Waals surface area contributed by atoms with Gasteiger partial charge in [-0.2, -0.15) is 22.7 Å². The molecule has 1 aliphatic heterocycles. The Balaban J connectivity index is 1.55. The first kappa shape index (κ1) is 26.9. The van der Waals surface area contributed by atoms with Gasteiger partial charge >= 0.3 is 6.18 Å². The van der Waals surface area contributed by atoms with Crippen LogP contribution < -0.4 is 5.32 Å². The fraction of sp³-hybridized carbons (Fsp3) is 0.200. The van der Waals surface area contributed by atoms with E-state index in [4.69, 9.17) is 0 Å². The van der Waals surface area contributed by atoms with Gasteiger partial charge in [0.05, 0.1) is 16.2 Å². The van der Waals surface area contributed by atoms with Gasteiger partial charge in [-0.1, -0.05) is 6.58 Å². The number of nitrogens with zero attached hydrogens (tertiary/aromatic N) is 4.